The van der Waals surface area contributed by atoms with E-state index >= 15 is 0 Å². The van der Waals surface area contributed by atoms with Gasteiger partial charge < -0.3 is 10.1 Å². The summed E-state index contributed by atoms with van der Waals surface area (Å²) < 4.78 is 5.10. The summed E-state index contributed by atoms with van der Waals surface area (Å²) in [5.74, 6) is 5.27. The van der Waals surface area contributed by atoms with E-state index in [2.05, 4.69) is 10.7 Å². The average molecular weight is 235 g/mol. The van der Waals surface area contributed by atoms with E-state index in [1.807, 2.05) is 30.3 Å². The van der Waals surface area contributed by atoms with E-state index in [0.29, 0.717) is 12.6 Å². The third-order valence-corrected chi connectivity index (χ3v) is 2.91. The maximum Gasteiger partial charge on any atom is 0.407 e. The van der Waals surface area contributed by atoms with Gasteiger partial charge in [-0.3, -0.25) is 11.3 Å². The molecule has 0 atom stereocenters. The van der Waals surface area contributed by atoms with Gasteiger partial charge in [0.2, 0.25) is 0 Å². The van der Waals surface area contributed by atoms with Crippen molar-refractivity contribution >= 4 is 6.09 Å². The Balaban J connectivity index is 1.65. The van der Waals surface area contributed by atoms with Gasteiger partial charge in [0.05, 0.1) is 0 Å². The molecule has 1 aliphatic rings. The normalized spacial score (nSPS) is 22.6. The van der Waals surface area contributed by atoms with Crippen molar-refractivity contribution in [3.63, 3.8) is 0 Å². The van der Waals surface area contributed by atoms with Gasteiger partial charge >= 0.3 is 6.09 Å². The number of hydrazine groups is 1. The van der Waals surface area contributed by atoms with E-state index in [9.17, 15) is 4.79 Å². The molecule has 0 aliphatic heterocycles. The number of nitrogens with one attached hydrogen (secondary N) is 2. The van der Waals surface area contributed by atoms with Crippen LogP contribution in [-0.4, -0.2) is 18.2 Å². The minimum absolute atomic E-state index is 0.180. The minimum Gasteiger partial charge on any atom is -0.445 e. The van der Waals surface area contributed by atoms with E-state index in [1.165, 1.54) is 0 Å². The van der Waals surface area contributed by atoms with Crippen molar-refractivity contribution in [2.24, 2.45) is 5.84 Å². The van der Waals surface area contributed by atoms with Crippen molar-refractivity contribution in [3.05, 3.63) is 35.9 Å². The number of hydrogen-bond acceptors (Lipinski definition) is 4. The Morgan fingerprint density at radius 3 is 2.65 bits per heavy atom. The molecular formula is C12H17N3O2. The summed E-state index contributed by atoms with van der Waals surface area (Å²) in [5, 5.41) is 2.79. The van der Waals surface area contributed by atoms with E-state index in [1.54, 1.807) is 0 Å². The number of rotatable bonds is 4. The molecule has 2 rings (SSSR count). The van der Waals surface area contributed by atoms with Crippen LogP contribution < -0.4 is 16.6 Å². The smallest absolute Gasteiger partial charge is 0.407 e. The van der Waals surface area contributed by atoms with Crippen molar-refractivity contribution < 1.29 is 9.53 Å². The Morgan fingerprint density at radius 1 is 1.29 bits per heavy atom. The third kappa shape index (κ3) is 3.44. The van der Waals surface area contributed by atoms with Crippen molar-refractivity contribution in [3.8, 4) is 0 Å². The van der Waals surface area contributed by atoms with Crippen LogP contribution in [0.5, 0.6) is 0 Å². The molecule has 0 bridgehead atoms. The van der Waals surface area contributed by atoms with Gasteiger partial charge in [-0.1, -0.05) is 30.3 Å². The molecular weight excluding hydrogens is 218 g/mol. The summed E-state index contributed by atoms with van der Waals surface area (Å²) in [6.45, 7) is 0.304. The van der Waals surface area contributed by atoms with Gasteiger partial charge in [-0.2, -0.15) is 0 Å². The second kappa shape index (κ2) is 5.65. The van der Waals surface area contributed by atoms with E-state index < -0.39 is 0 Å². The van der Waals surface area contributed by atoms with Crippen molar-refractivity contribution in [1.29, 1.82) is 0 Å². The lowest BCUT2D eigenvalue weighted by Crippen LogP contribution is -2.54. The predicted molar refractivity (Wildman–Crippen MR) is 63.9 cm³/mol. The first-order chi connectivity index (χ1) is 8.28. The highest BCUT2D eigenvalue weighted by molar-refractivity contribution is 5.67. The van der Waals surface area contributed by atoms with Crippen LogP contribution >= 0.6 is 0 Å². The topological polar surface area (TPSA) is 76.4 Å². The fourth-order valence-electron chi connectivity index (χ4n) is 1.80. The zero-order valence-electron chi connectivity index (χ0n) is 9.56. The quantitative estimate of drug-likeness (QED) is 0.535. The Kier molecular flexibility index (Phi) is 3.95. The second-order valence-corrected chi connectivity index (χ2v) is 4.24. The fourth-order valence-corrected chi connectivity index (χ4v) is 1.80. The lowest BCUT2D eigenvalue weighted by molar-refractivity contribution is 0.125. The van der Waals surface area contributed by atoms with E-state index in [4.69, 9.17) is 10.6 Å². The highest BCUT2D eigenvalue weighted by Gasteiger charge is 2.29. The molecule has 1 aliphatic carbocycles. The predicted octanol–water partition coefficient (Wildman–Crippen LogP) is 0.907. The molecule has 1 aromatic carbocycles. The first-order valence-corrected chi connectivity index (χ1v) is 5.71. The standard InChI is InChI=1S/C12H17N3O2/c13-15-11-6-10(7-11)14-12(16)17-8-9-4-2-1-3-5-9/h1-5,10-11,15H,6-8,13H2,(H,14,16). The van der Waals surface area contributed by atoms with Crippen LogP contribution in [0.25, 0.3) is 0 Å². The van der Waals surface area contributed by atoms with Gasteiger partial charge in [0.1, 0.15) is 6.61 Å². The summed E-state index contributed by atoms with van der Waals surface area (Å²) in [7, 11) is 0. The molecule has 0 aromatic heterocycles. The number of amides is 1. The highest BCUT2D eigenvalue weighted by Crippen LogP contribution is 2.18. The maximum atomic E-state index is 11.4. The Hall–Kier alpha value is -1.59. The van der Waals surface area contributed by atoms with Gasteiger partial charge in [-0.25, -0.2) is 4.79 Å². The number of carbonyl (C=O) groups excluding carboxylic acids is 1. The molecule has 1 saturated carbocycles. The number of carbonyl (C=O) groups is 1. The van der Waals surface area contributed by atoms with Crippen molar-refractivity contribution in [2.75, 3.05) is 0 Å². The van der Waals surface area contributed by atoms with Crippen molar-refractivity contribution in [2.45, 2.75) is 31.5 Å². The lowest BCUT2D eigenvalue weighted by Gasteiger charge is -2.34. The molecule has 92 valence electrons. The highest BCUT2D eigenvalue weighted by atomic mass is 16.5. The summed E-state index contributed by atoms with van der Waals surface area (Å²) in [5.41, 5.74) is 3.65. The summed E-state index contributed by atoms with van der Waals surface area (Å²) in [6, 6.07) is 10.1. The van der Waals surface area contributed by atoms with Crippen LogP contribution in [0.4, 0.5) is 4.79 Å². The molecule has 5 heteroatoms. The Morgan fingerprint density at radius 2 is 2.00 bits per heavy atom. The van der Waals surface area contributed by atoms with Crippen LogP contribution in [0.1, 0.15) is 18.4 Å². The van der Waals surface area contributed by atoms with Gasteiger partial charge in [-0.15, -0.1) is 0 Å². The van der Waals surface area contributed by atoms with Gasteiger partial charge in [0.25, 0.3) is 0 Å². The maximum absolute atomic E-state index is 11.4. The summed E-state index contributed by atoms with van der Waals surface area (Å²) in [6.07, 6.45) is 1.35. The van der Waals surface area contributed by atoms with Crippen LogP contribution in [-0.2, 0) is 11.3 Å². The first-order valence-electron chi connectivity index (χ1n) is 5.71. The minimum atomic E-state index is -0.366. The summed E-state index contributed by atoms with van der Waals surface area (Å²) >= 11 is 0. The Bertz CT molecular complexity index is 363. The van der Waals surface area contributed by atoms with Gasteiger partial charge in [-0.05, 0) is 18.4 Å². The molecule has 1 aromatic rings. The number of ether oxygens (including phenoxy) is 1. The van der Waals surface area contributed by atoms with E-state index in [0.717, 1.165) is 18.4 Å². The molecule has 17 heavy (non-hydrogen) atoms. The number of benzene rings is 1. The molecule has 0 radical (unpaired) electrons. The molecule has 1 amide bonds. The monoisotopic (exact) mass is 235 g/mol. The number of alkyl carbamates (subject to hydrolysis) is 1. The molecule has 4 N–H and O–H groups in total. The average Bonchev–Trinajstić information content (AvgIpc) is 2.32. The molecule has 0 unspecified atom stereocenters. The number of hydrogen-bond donors (Lipinski definition) is 3. The number of nitrogens with two attached hydrogens (primary N) is 1. The largest absolute Gasteiger partial charge is 0.445 e. The van der Waals surface area contributed by atoms with Crippen LogP contribution in [0.15, 0.2) is 30.3 Å². The summed E-state index contributed by atoms with van der Waals surface area (Å²) in [4.78, 5) is 11.4. The second-order valence-electron chi connectivity index (χ2n) is 4.24. The fraction of sp³-hybridized carbons (Fsp3) is 0.417. The third-order valence-electron chi connectivity index (χ3n) is 2.91. The van der Waals surface area contributed by atoms with Crippen molar-refractivity contribution in [1.82, 2.24) is 10.7 Å². The molecule has 0 heterocycles. The molecule has 5 nitrogen and oxygen atoms in total. The SMILES string of the molecule is NNC1CC(NC(=O)OCc2ccccc2)C1. The van der Waals surface area contributed by atoms with E-state index in [-0.39, 0.29) is 12.1 Å². The first kappa shape index (κ1) is 11.9. The zero-order chi connectivity index (χ0) is 12.1. The van der Waals surface area contributed by atoms with Crippen LogP contribution in [0, 0.1) is 0 Å². The molecule has 0 spiro atoms. The molecule has 0 saturated heterocycles. The van der Waals surface area contributed by atoms with Crippen LogP contribution in [0.3, 0.4) is 0 Å². The van der Waals surface area contributed by atoms with Gasteiger partial charge in [0.15, 0.2) is 0 Å². The molecule has 1 fully saturated rings. The van der Waals surface area contributed by atoms with Gasteiger partial charge in [0, 0.05) is 12.1 Å². The van der Waals surface area contributed by atoms with Crippen LogP contribution in [0.2, 0.25) is 0 Å². The Labute approximate surface area is 100 Å². The lowest BCUT2D eigenvalue weighted by atomic mass is 9.87. The zero-order valence-corrected chi connectivity index (χ0v) is 9.56.